The van der Waals surface area contributed by atoms with Crippen LogP contribution in [0.4, 0.5) is 0 Å². The largest absolute Gasteiger partial charge is 0.469 e. The van der Waals surface area contributed by atoms with Gasteiger partial charge in [-0.15, -0.1) is 0 Å². The molecule has 0 saturated heterocycles. The predicted molar refractivity (Wildman–Crippen MR) is 87.1 cm³/mol. The highest BCUT2D eigenvalue weighted by molar-refractivity contribution is 7.89. The molecule has 0 radical (unpaired) electrons. The Morgan fingerprint density at radius 3 is 2.13 bits per heavy atom. The lowest BCUT2D eigenvalue weighted by atomic mass is 10.2. The number of ether oxygens (including phenoxy) is 1. The summed E-state index contributed by atoms with van der Waals surface area (Å²) in [5.41, 5.74) is 0.858. The van der Waals surface area contributed by atoms with Gasteiger partial charge < -0.3 is 4.74 Å². The highest BCUT2D eigenvalue weighted by atomic mass is 32.2. The molecule has 0 saturated carbocycles. The van der Waals surface area contributed by atoms with Crippen LogP contribution in [0, 0.1) is 0 Å². The van der Waals surface area contributed by atoms with Gasteiger partial charge in [0, 0.05) is 13.1 Å². The van der Waals surface area contributed by atoms with Crippen LogP contribution in [0.3, 0.4) is 0 Å². The summed E-state index contributed by atoms with van der Waals surface area (Å²) in [6, 6.07) is 17.5. The lowest BCUT2D eigenvalue weighted by Gasteiger charge is -2.22. The molecule has 0 spiro atoms. The van der Waals surface area contributed by atoms with Crippen molar-refractivity contribution < 1.29 is 17.9 Å². The first-order valence-corrected chi connectivity index (χ1v) is 8.64. The fraction of sp³-hybridized carbons (Fsp3) is 0.235. The number of hydrogen-bond acceptors (Lipinski definition) is 4. The maximum Gasteiger partial charge on any atom is 0.306 e. The minimum atomic E-state index is -3.68. The fourth-order valence-corrected chi connectivity index (χ4v) is 3.58. The van der Waals surface area contributed by atoms with Crippen LogP contribution in [-0.2, 0) is 26.1 Å². The van der Waals surface area contributed by atoms with Crippen LogP contribution in [-0.4, -0.2) is 32.3 Å². The molecule has 0 aliphatic rings. The van der Waals surface area contributed by atoms with Gasteiger partial charge in [-0.1, -0.05) is 48.5 Å². The minimum Gasteiger partial charge on any atom is -0.469 e. The van der Waals surface area contributed by atoms with E-state index in [9.17, 15) is 13.2 Å². The van der Waals surface area contributed by atoms with Gasteiger partial charge >= 0.3 is 5.97 Å². The summed E-state index contributed by atoms with van der Waals surface area (Å²) >= 11 is 0. The minimum absolute atomic E-state index is 0.00932. The second-order valence-corrected chi connectivity index (χ2v) is 6.90. The Morgan fingerprint density at radius 2 is 1.57 bits per heavy atom. The van der Waals surface area contributed by atoms with Gasteiger partial charge in [0.2, 0.25) is 10.0 Å². The molecule has 5 nitrogen and oxygen atoms in total. The molecule has 2 rings (SSSR count). The van der Waals surface area contributed by atoms with Crippen molar-refractivity contribution >= 4 is 16.0 Å². The number of rotatable bonds is 7. The lowest BCUT2D eigenvalue weighted by molar-refractivity contribution is -0.140. The zero-order valence-electron chi connectivity index (χ0n) is 12.9. The molecular formula is C17H19NO4S. The highest BCUT2D eigenvalue weighted by Gasteiger charge is 2.25. The molecule has 0 atom stereocenters. The van der Waals surface area contributed by atoms with Crippen molar-refractivity contribution in [3.8, 4) is 0 Å². The van der Waals surface area contributed by atoms with E-state index in [2.05, 4.69) is 4.74 Å². The Kier molecular flexibility index (Phi) is 5.90. The molecule has 2 aromatic carbocycles. The van der Waals surface area contributed by atoms with E-state index >= 15 is 0 Å². The van der Waals surface area contributed by atoms with Crippen molar-refractivity contribution in [3.63, 3.8) is 0 Å². The molecule has 0 aliphatic heterocycles. The smallest absolute Gasteiger partial charge is 0.306 e. The molecule has 0 amide bonds. The Balaban J connectivity index is 2.27. The molecule has 0 fully saturated rings. The Morgan fingerprint density at radius 1 is 1.00 bits per heavy atom. The zero-order chi connectivity index (χ0) is 16.7. The van der Waals surface area contributed by atoms with Gasteiger partial charge in [0.15, 0.2) is 0 Å². The predicted octanol–water partition coefficient (Wildman–Crippen LogP) is 2.44. The van der Waals surface area contributed by atoms with E-state index in [1.54, 1.807) is 30.3 Å². The standard InChI is InChI=1S/C17H19NO4S/c1-22-17(19)12-13-18(14-15-8-4-2-5-9-15)23(20,21)16-10-6-3-7-11-16/h2-11H,12-14H2,1H3. The average molecular weight is 333 g/mol. The zero-order valence-corrected chi connectivity index (χ0v) is 13.7. The van der Waals surface area contributed by atoms with Crippen molar-refractivity contribution in [1.82, 2.24) is 4.31 Å². The van der Waals surface area contributed by atoms with E-state index in [-0.39, 0.29) is 24.4 Å². The number of benzene rings is 2. The molecule has 0 aromatic heterocycles. The van der Waals surface area contributed by atoms with Gasteiger partial charge in [-0.2, -0.15) is 4.31 Å². The van der Waals surface area contributed by atoms with Gasteiger partial charge in [-0.05, 0) is 17.7 Å². The molecule has 2 aromatic rings. The number of carbonyl (C=O) groups excluding carboxylic acids is 1. The van der Waals surface area contributed by atoms with Crippen molar-refractivity contribution in [2.75, 3.05) is 13.7 Å². The molecule has 0 aliphatic carbocycles. The van der Waals surface area contributed by atoms with Gasteiger partial charge in [-0.25, -0.2) is 8.42 Å². The monoisotopic (exact) mass is 333 g/mol. The van der Waals surface area contributed by atoms with Crippen LogP contribution in [0.2, 0.25) is 0 Å². The van der Waals surface area contributed by atoms with Crippen molar-refractivity contribution in [1.29, 1.82) is 0 Å². The van der Waals surface area contributed by atoms with Crippen molar-refractivity contribution in [3.05, 3.63) is 66.2 Å². The molecule has 122 valence electrons. The Bertz CT molecular complexity index is 730. The first-order chi connectivity index (χ1) is 11.0. The number of esters is 1. The Labute approximate surface area is 136 Å². The SMILES string of the molecule is COC(=O)CCN(Cc1ccccc1)S(=O)(=O)c1ccccc1. The molecule has 0 unspecified atom stereocenters. The number of methoxy groups -OCH3 is 1. The van der Waals surface area contributed by atoms with Crippen molar-refractivity contribution in [2.24, 2.45) is 0 Å². The molecule has 0 N–H and O–H groups in total. The molecular weight excluding hydrogens is 314 g/mol. The summed E-state index contributed by atoms with van der Waals surface area (Å²) < 4.78 is 31.5. The number of carbonyl (C=O) groups is 1. The first-order valence-electron chi connectivity index (χ1n) is 7.20. The normalized spacial score (nSPS) is 11.4. The van der Waals surface area contributed by atoms with Gasteiger partial charge in [0.25, 0.3) is 0 Å². The highest BCUT2D eigenvalue weighted by Crippen LogP contribution is 2.18. The van der Waals surface area contributed by atoms with Gasteiger partial charge in [0.05, 0.1) is 18.4 Å². The van der Waals surface area contributed by atoms with E-state index in [0.29, 0.717) is 0 Å². The number of sulfonamides is 1. The topological polar surface area (TPSA) is 63.7 Å². The summed E-state index contributed by atoms with van der Waals surface area (Å²) in [7, 11) is -2.39. The van der Waals surface area contributed by atoms with Crippen LogP contribution < -0.4 is 0 Å². The number of hydrogen-bond donors (Lipinski definition) is 0. The quantitative estimate of drug-likeness (QED) is 0.730. The van der Waals surface area contributed by atoms with E-state index in [4.69, 9.17) is 0 Å². The van der Waals surface area contributed by atoms with Crippen LogP contribution in [0.5, 0.6) is 0 Å². The third kappa shape index (κ3) is 4.64. The second kappa shape index (κ2) is 7.89. The van der Waals surface area contributed by atoms with Crippen LogP contribution in [0.1, 0.15) is 12.0 Å². The molecule has 23 heavy (non-hydrogen) atoms. The van der Waals surface area contributed by atoms with Crippen LogP contribution in [0.25, 0.3) is 0 Å². The van der Waals surface area contributed by atoms with E-state index in [1.807, 2.05) is 30.3 Å². The summed E-state index contributed by atoms with van der Waals surface area (Å²) in [6.07, 6.45) is 0.00932. The van der Waals surface area contributed by atoms with Crippen LogP contribution >= 0.6 is 0 Å². The van der Waals surface area contributed by atoms with Crippen LogP contribution in [0.15, 0.2) is 65.6 Å². The molecule has 6 heteroatoms. The Hall–Kier alpha value is -2.18. The van der Waals surface area contributed by atoms with Crippen molar-refractivity contribution in [2.45, 2.75) is 17.9 Å². The maximum absolute atomic E-state index is 12.8. The summed E-state index contributed by atoms with van der Waals surface area (Å²) in [5, 5.41) is 0. The number of nitrogens with zero attached hydrogens (tertiary/aromatic N) is 1. The maximum atomic E-state index is 12.8. The van der Waals surface area contributed by atoms with E-state index < -0.39 is 16.0 Å². The first kappa shape index (κ1) is 17.2. The average Bonchev–Trinajstić information content (AvgIpc) is 2.59. The molecule has 0 bridgehead atoms. The van der Waals surface area contributed by atoms with Gasteiger partial charge in [-0.3, -0.25) is 4.79 Å². The summed E-state index contributed by atoms with van der Waals surface area (Å²) in [6.45, 7) is 0.272. The summed E-state index contributed by atoms with van der Waals surface area (Å²) in [5.74, 6) is -0.439. The lowest BCUT2D eigenvalue weighted by Crippen LogP contribution is -2.32. The summed E-state index contributed by atoms with van der Waals surface area (Å²) in [4.78, 5) is 11.6. The molecule has 0 heterocycles. The van der Waals surface area contributed by atoms with E-state index in [1.165, 1.54) is 11.4 Å². The second-order valence-electron chi connectivity index (χ2n) is 4.96. The third-order valence-corrected chi connectivity index (χ3v) is 5.24. The van der Waals surface area contributed by atoms with Gasteiger partial charge in [0.1, 0.15) is 0 Å². The third-order valence-electron chi connectivity index (χ3n) is 3.38. The fourth-order valence-electron chi connectivity index (χ4n) is 2.13. The van der Waals surface area contributed by atoms with E-state index in [0.717, 1.165) is 5.56 Å².